The topological polar surface area (TPSA) is 28.2 Å². The number of benzene rings is 1. The minimum atomic E-state index is 0.866. The van der Waals surface area contributed by atoms with Gasteiger partial charge in [-0.15, -0.1) is 0 Å². The van der Waals surface area contributed by atoms with Crippen LogP contribution in [0.25, 0.3) is 10.8 Å². The van der Waals surface area contributed by atoms with Gasteiger partial charge in [-0.05, 0) is 36.4 Å². The summed E-state index contributed by atoms with van der Waals surface area (Å²) in [6.07, 6.45) is 6.59. The van der Waals surface area contributed by atoms with Gasteiger partial charge in [0.1, 0.15) is 0 Å². The van der Waals surface area contributed by atoms with E-state index >= 15 is 0 Å². The Morgan fingerprint density at radius 2 is 2.20 bits per heavy atom. The molecule has 1 saturated carbocycles. The van der Waals surface area contributed by atoms with Crippen LogP contribution in [0.2, 0.25) is 0 Å². The summed E-state index contributed by atoms with van der Waals surface area (Å²) in [7, 11) is 0. The molecule has 0 amide bonds. The third kappa shape index (κ3) is 3.17. The molecule has 0 spiro atoms. The summed E-state index contributed by atoms with van der Waals surface area (Å²) in [5, 5.41) is 6.11. The summed E-state index contributed by atoms with van der Waals surface area (Å²) in [6.45, 7) is 6.59. The first-order valence-corrected chi connectivity index (χ1v) is 7.65. The van der Waals surface area contributed by atoms with Gasteiger partial charge in [0.05, 0.1) is 0 Å². The highest BCUT2D eigenvalue weighted by Gasteiger charge is 2.26. The van der Waals surface area contributed by atoms with Gasteiger partial charge in [0.25, 0.3) is 0 Å². The number of nitrogens with zero attached hydrogens (tertiary/aromatic N) is 2. The van der Waals surface area contributed by atoms with Crippen LogP contribution in [0.3, 0.4) is 0 Å². The number of hydrogen-bond donors (Lipinski definition) is 1. The Bertz CT molecular complexity index is 558. The third-order valence-electron chi connectivity index (χ3n) is 4.13. The predicted octanol–water partition coefficient (Wildman–Crippen LogP) is 2.81. The largest absolute Gasteiger partial charge is 0.311 e. The second kappa shape index (κ2) is 6.33. The third-order valence-corrected chi connectivity index (χ3v) is 4.13. The zero-order valence-corrected chi connectivity index (χ0v) is 12.2. The molecule has 0 saturated heterocycles. The molecule has 1 aliphatic carbocycles. The van der Waals surface area contributed by atoms with Crippen LogP contribution in [0.4, 0.5) is 0 Å². The van der Waals surface area contributed by atoms with Gasteiger partial charge >= 0.3 is 0 Å². The molecule has 0 bridgehead atoms. The first kappa shape index (κ1) is 13.5. The molecule has 3 heteroatoms. The van der Waals surface area contributed by atoms with E-state index in [0.29, 0.717) is 0 Å². The van der Waals surface area contributed by atoms with Gasteiger partial charge in [0.2, 0.25) is 0 Å². The summed E-state index contributed by atoms with van der Waals surface area (Å²) in [6, 6.07) is 9.41. The van der Waals surface area contributed by atoms with Crippen LogP contribution in [0.1, 0.15) is 25.3 Å². The smallest absolute Gasteiger partial charge is 0.0346 e. The fourth-order valence-electron chi connectivity index (χ4n) is 2.83. The fraction of sp³-hybridized carbons (Fsp3) is 0.471. The van der Waals surface area contributed by atoms with Crippen molar-refractivity contribution in [1.82, 2.24) is 15.2 Å². The Morgan fingerprint density at radius 3 is 3.00 bits per heavy atom. The molecule has 0 aliphatic heterocycles. The molecule has 2 aromatic rings. The lowest BCUT2D eigenvalue weighted by Gasteiger charge is -2.19. The number of aromatic nitrogens is 1. The SMILES string of the molecule is CCN(CCNCc1cccc2cnccc12)C1CC1. The van der Waals surface area contributed by atoms with Crippen molar-refractivity contribution >= 4 is 10.8 Å². The Balaban J connectivity index is 1.54. The maximum Gasteiger partial charge on any atom is 0.0346 e. The average Bonchev–Trinajstić information content (AvgIpc) is 3.32. The monoisotopic (exact) mass is 269 g/mol. The van der Waals surface area contributed by atoms with Crippen LogP contribution in [0.5, 0.6) is 0 Å². The van der Waals surface area contributed by atoms with E-state index in [9.17, 15) is 0 Å². The maximum atomic E-state index is 4.18. The van der Waals surface area contributed by atoms with E-state index in [-0.39, 0.29) is 0 Å². The highest BCUT2D eigenvalue weighted by molar-refractivity contribution is 5.84. The highest BCUT2D eigenvalue weighted by atomic mass is 15.2. The minimum absolute atomic E-state index is 0.866. The number of nitrogens with one attached hydrogen (secondary N) is 1. The van der Waals surface area contributed by atoms with Crippen molar-refractivity contribution in [2.75, 3.05) is 19.6 Å². The van der Waals surface area contributed by atoms with E-state index < -0.39 is 0 Å². The zero-order valence-electron chi connectivity index (χ0n) is 12.2. The van der Waals surface area contributed by atoms with Gasteiger partial charge in [-0.2, -0.15) is 0 Å². The Kier molecular flexibility index (Phi) is 4.28. The lowest BCUT2D eigenvalue weighted by molar-refractivity contribution is 0.277. The highest BCUT2D eigenvalue weighted by Crippen LogP contribution is 2.25. The molecule has 3 nitrogen and oxygen atoms in total. The Hall–Kier alpha value is -1.45. The summed E-state index contributed by atoms with van der Waals surface area (Å²) in [5.41, 5.74) is 1.36. The molecule has 1 heterocycles. The Labute approximate surface area is 121 Å². The van der Waals surface area contributed by atoms with E-state index in [4.69, 9.17) is 0 Å². The average molecular weight is 269 g/mol. The molecule has 1 aromatic heterocycles. The van der Waals surface area contributed by atoms with Crippen LogP contribution in [0, 0.1) is 0 Å². The van der Waals surface area contributed by atoms with E-state index in [1.807, 2.05) is 12.4 Å². The predicted molar refractivity (Wildman–Crippen MR) is 83.7 cm³/mol. The number of pyridine rings is 1. The van der Waals surface area contributed by atoms with Gasteiger partial charge in [-0.3, -0.25) is 9.88 Å². The van der Waals surface area contributed by atoms with Crippen molar-refractivity contribution < 1.29 is 0 Å². The van der Waals surface area contributed by atoms with E-state index in [2.05, 4.69) is 46.4 Å². The van der Waals surface area contributed by atoms with Crippen molar-refractivity contribution in [2.45, 2.75) is 32.4 Å². The molecule has 20 heavy (non-hydrogen) atoms. The number of fused-ring (bicyclic) bond motifs is 1. The number of hydrogen-bond acceptors (Lipinski definition) is 3. The molecule has 1 aliphatic rings. The Morgan fingerprint density at radius 1 is 1.30 bits per heavy atom. The van der Waals surface area contributed by atoms with Gasteiger partial charge in [0.15, 0.2) is 0 Å². The second-order valence-corrected chi connectivity index (χ2v) is 5.55. The van der Waals surface area contributed by atoms with Crippen molar-refractivity contribution in [1.29, 1.82) is 0 Å². The zero-order chi connectivity index (χ0) is 13.8. The van der Waals surface area contributed by atoms with Gasteiger partial charge in [0, 0.05) is 43.5 Å². The summed E-state index contributed by atoms with van der Waals surface area (Å²) >= 11 is 0. The summed E-state index contributed by atoms with van der Waals surface area (Å²) in [5.74, 6) is 0. The van der Waals surface area contributed by atoms with Crippen molar-refractivity contribution in [3.8, 4) is 0 Å². The van der Waals surface area contributed by atoms with E-state index in [0.717, 1.165) is 25.7 Å². The number of likely N-dealkylation sites (N-methyl/N-ethyl adjacent to an activating group) is 1. The quantitative estimate of drug-likeness (QED) is 0.783. The van der Waals surface area contributed by atoms with Crippen molar-refractivity contribution in [3.63, 3.8) is 0 Å². The number of rotatable bonds is 7. The fourth-order valence-corrected chi connectivity index (χ4v) is 2.83. The lowest BCUT2D eigenvalue weighted by atomic mass is 10.1. The molecule has 3 rings (SSSR count). The summed E-state index contributed by atoms with van der Waals surface area (Å²) in [4.78, 5) is 6.77. The van der Waals surface area contributed by atoms with Crippen molar-refractivity contribution in [3.05, 3.63) is 42.2 Å². The molecule has 1 aromatic carbocycles. The van der Waals surface area contributed by atoms with Crippen LogP contribution >= 0.6 is 0 Å². The lowest BCUT2D eigenvalue weighted by Crippen LogP contribution is -2.33. The second-order valence-electron chi connectivity index (χ2n) is 5.55. The molecule has 1 N–H and O–H groups in total. The molecule has 1 fully saturated rings. The maximum absolute atomic E-state index is 4.18. The molecule has 0 radical (unpaired) electrons. The van der Waals surface area contributed by atoms with Crippen LogP contribution in [-0.4, -0.2) is 35.6 Å². The molecule has 0 unspecified atom stereocenters. The van der Waals surface area contributed by atoms with Gasteiger partial charge in [-0.25, -0.2) is 0 Å². The van der Waals surface area contributed by atoms with E-state index in [1.54, 1.807) is 0 Å². The van der Waals surface area contributed by atoms with Crippen LogP contribution in [0.15, 0.2) is 36.7 Å². The standard InChI is InChI=1S/C17H23N3/c1-2-20(16-6-7-16)11-10-19-13-15-5-3-4-14-12-18-9-8-17(14)15/h3-5,8-9,12,16,19H,2,6-7,10-11,13H2,1H3. The molecule has 0 atom stereocenters. The molecule has 106 valence electrons. The first-order chi connectivity index (χ1) is 9.88. The van der Waals surface area contributed by atoms with Gasteiger partial charge < -0.3 is 5.32 Å². The molecular weight excluding hydrogens is 246 g/mol. The van der Waals surface area contributed by atoms with Crippen molar-refractivity contribution in [2.24, 2.45) is 0 Å². The molecular formula is C17H23N3. The minimum Gasteiger partial charge on any atom is -0.311 e. The van der Waals surface area contributed by atoms with E-state index in [1.165, 1.54) is 35.7 Å². The summed E-state index contributed by atoms with van der Waals surface area (Å²) < 4.78 is 0. The van der Waals surface area contributed by atoms with Gasteiger partial charge in [-0.1, -0.05) is 25.1 Å². The van der Waals surface area contributed by atoms with Crippen LogP contribution in [-0.2, 0) is 6.54 Å². The van der Waals surface area contributed by atoms with Crippen LogP contribution < -0.4 is 5.32 Å². The first-order valence-electron chi connectivity index (χ1n) is 7.65. The normalized spacial score (nSPS) is 15.1.